The van der Waals surface area contributed by atoms with Crippen molar-refractivity contribution in [2.24, 2.45) is 11.8 Å². The molecule has 8 heteroatoms. The summed E-state index contributed by atoms with van der Waals surface area (Å²) in [5, 5.41) is 12.6. The van der Waals surface area contributed by atoms with Gasteiger partial charge >= 0.3 is 5.97 Å². The number of aromatic nitrogens is 2. The minimum Gasteiger partial charge on any atom is -0.481 e. The summed E-state index contributed by atoms with van der Waals surface area (Å²) in [7, 11) is 1.59. The van der Waals surface area contributed by atoms with Gasteiger partial charge in [-0.05, 0) is 20.3 Å². The van der Waals surface area contributed by atoms with Gasteiger partial charge in [0.2, 0.25) is 11.8 Å². The molecule has 1 aromatic rings. The van der Waals surface area contributed by atoms with E-state index in [9.17, 15) is 9.59 Å². The number of hydrogen-bond acceptors (Lipinski definition) is 6. The van der Waals surface area contributed by atoms with Gasteiger partial charge < -0.3 is 19.3 Å². The van der Waals surface area contributed by atoms with Gasteiger partial charge in [0.05, 0.1) is 18.4 Å². The number of rotatable bonds is 7. The molecule has 116 valence electrons. The second-order valence-electron chi connectivity index (χ2n) is 5.13. The van der Waals surface area contributed by atoms with Crippen LogP contribution in [0.5, 0.6) is 0 Å². The SMILES string of the molecule is CCO[C@H](C)c1noc(CN(C)C(=O)[C@H]2C[C@@H]2C(=O)O)n1. The quantitative estimate of drug-likeness (QED) is 0.795. The van der Waals surface area contributed by atoms with Crippen LogP contribution in [0.25, 0.3) is 0 Å². The summed E-state index contributed by atoms with van der Waals surface area (Å²) in [4.78, 5) is 28.4. The van der Waals surface area contributed by atoms with E-state index >= 15 is 0 Å². The van der Waals surface area contributed by atoms with Gasteiger partial charge in [0.15, 0.2) is 5.82 Å². The van der Waals surface area contributed by atoms with Crippen molar-refractivity contribution in [2.75, 3.05) is 13.7 Å². The molecule has 1 fully saturated rings. The number of carboxylic acids is 1. The zero-order valence-electron chi connectivity index (χ0n) is 12.3. The number of ether oxygens (including phenoxy) is 1. The smallest absolute Gasteiger partial charge is 0.307 e. The first-order chi connectivity index (χ1) is 9.93. The fourth-order valence-corrected chi connectivity index (χ4v) is 2.13. The molecule has 21 heavy (non-hydrogen) atoms. The highest BCUT2D eigenvalue weighted by molar-refractivity contribution is 5.89. The van der Waals surface area contributed by atoms with Crippen LogP contribution in [0.15, 0.2) is 4.52 Å². The number of hydrogen-bond donors (Lipinski definition) is 1. The first kappa shape index (κ1) is 15.4. The number of carboxylic acid groups (broad SMARTS) is 1. The van der Waals surface area contributed by atoms with Crippen molar-refractivity contribution in [2.45, 2.75) is 32.9 Å². The largest absolute Gasteiger partial charge is 0.481 e. The highest BCUT2D eigenvalue weighted by Gasteiger charge is 2.49. The van der Waals surface area contributed by atoms with Crippen LogP contribution in [0.1, 0.15) is 38.1 Å². The third-order valence-corrected chi connectivity index (χ3v) is 3.44. The predicted octanol–water partition coefficient (Wildman–Crippen LogP) is 0.846. The van der Waals surface area contributed by atoms with E-state index in [4.69, 9.17) is 14.4 Å². The van der Waals surface area contributed by atoms with E-state index in [1.807, 2.05) is 13.8 Å². The van der Waals surface area contributed by atoms with Gasteiger partial charge in [-0.1, -0.05) is 5.16 Å². The number of nitrogens with zero attached hydrogens (tertiary/aromatic N) is 3. The first-order valence-corrected chi connectivity index (χ1v) is 6.85. The Morgan fingerprint density at radius 2 is 2.24 bits per heavy atom. The van der Waals surface area contributed by atoms with Crippen molar-refractivity contribution in [3.8, 4) is 0 Å². The summed E-state index contributed by atoms with van der Waals surface area (Å²) in [5.41, 5.74) is 0. The molecule has 1 saturated carbocycles. The van der Waals surface area contributed by atoms with Gasteiger partial charge in [0.1, 0.15) is 6.10 Å². The Kier molecular flexibility index (Phi) is 4.56. The van der Waals surface area contributed by atoms with Crippen molar-refractivity contribution in [3.63, 3.8) is 0 Å². The molecule has 2 rings (SSSR count). The third-order valence-electron chi connectivity index (χ3n) is 3.44. The Bertz CT molecular complexity index is 530. The molecular formula is C13H19N3O5. The fraction of sp³-hybridized carbons (Fsp3) is 0.692. The van der Waals surface area contributed by atoms with Crippen LogP contribution < -0.4 is 0 Å². The Hall–Kier alpha value is -1.96. The number of aliphatic carboxylic acids is 1. The van der Waals surface area contributed by atoms with Crippen molar-refractivity contribution < 1.29 is 24.0 Å². The molecule has 1 amide bonds. The van der Waals surface area contributed by atoms with E-state index in [0.29, 0.717) is 24.7 Å². The second-order valence-corrected chi connectivity index (χ2v) is 5.13. The maximum absolute atomic E-state index is 12.0. The average Bonchev–Trinajstić information content (AvgIpc) is 3.11. The van der Waals surface area contributed by atoms with Crippen molar-refractivity contribution in [3.05, 3.63) is 11.7 Å². The summed E-state index contributed by atoms with van der Waals surface area (Å²) >= 11 is 0. The molecule has 0 aromatic carbocycles. The van der Waals surface area contributed by atoms with Crippen LogP contribution in [0.3, 0.4) is 0 Å². The Morgan fingerprint density at radius 3 is 2.81 bits per heavy atom. The Balaban J connectivity index is 1.90. The molecule has 1 aliphatic rings. The van der Waals surface area contributed by atoms with Crippen molar-refractivity contribution >= 4 is 11.9 Å². The van der Waals surface area contributed by atoms with Crippen molar-refractivity contribution in [1.29, 1.82) is 0 Å². The van der Waals surface area contributed by atoms with E-state index < -0.39 is 17.8 Å². The molecule has 0 radical (unpaired) electrons. The van der Waals surface area contributed by atoms with Gasteiger partial charge in [0.25, 0.3) is 0 Å². The molecule has 0 saturated heterocycles. The molecule has 1 N–H and O–H groups in total. The van der Waals surface area contributed by atoms with Crippen LogP contribution in [0, 0.1) is 11.8 Å². The van der Waals surface area contributed by atoms with Crippen LogP contribution in [0.2, 0.25) is 0 Å². The molecule has 1 heterocycles. The molecule has 0 spiro atoms. The lowest BCUT2D eigenvalue weighted by Gasteiger charge is -2.14. The zero-order chi connectivity index (χ0) is 15.6. The summed E-state index contributed by atoms with van der Waals surface area (Å²) in [6.45, 7) is 4.39. The maximum atomic E-state index is 12.0. The molecule has 0 unspecified atom stereocenters. The van der Waals surface area contributed by atoms with Gasteiger partial charge in [-0.15, -0.1) is 0 Å². The number of amides is 1. The lowest BCUT2D eigenvalue weighted by atomic mass is 10.3. The van der Waals surface area contributed by atoms with E-state index in [1.54, 1.807) is 7.05 Å². The van der Waals surface area contributed by atoms with Gasteiger partial charge in [0, 0.05) is 13.7 Å². The third kappa shape index (κ3) is 3.57. The Labute approximate surface area is 122 Å². The lowest BCUT2D eigenvalue weighted by molar-refractivity contribution is -0.141. The maximum Gasteiger partial charge on any atom is 0.307 e. The number of carbonyl (C=O) groups is 2. The van der Waals surface area contributed by atoms with E-state index in [1.165, 1.54) is 4.90 Å². The molecule has 3 atom stereocenters. The second kappa shape index (κ2) is 6.21. The lowest BCUT2D eigenvalue weighted by Crippen LogP contribution is -2.29. The summed E-state index contributed by atoms with van der Waals surface area (Å²) < 4.78 is 10.4. The van der Waals surface area contributed by atoms with Crippen molar-refractivity contribution in [1.82, 2.24) is 15.0 Å². The van der Waals surface area contributed by atoms with Crippen LogP contribution >= 0.6 is 0 Å². The molecule has 8 nitrogen and oxygen atoms in total. The van der Waals surface area contributed by atoms with Gasteiger partial charge in [-0.3, -0.25) is 9.59 Å². The highest BCUT2D eigenvalue weighted by atomic mass is 16.5. The monoisotopic (exact) mass is 297 g/mol. The van der Waals surface area contributed by atoms with Crippen LogP contribution in [-0.2, 0) is 20.9 Å². The minimum absolute atomic E-state index is 0.160. The summed E-state index contributed by atoms with van der Waals surface area (Å²) in [5.74, 6) is -1.39. The molecule has 1 aliphatic carbocycles. The van der Waals surface area contributed by atoms with Crippen LogP contribution in [0.4, 0.5) is 0 Å². The zero-order valence-corrected chi connectivity index (χ0v) is 12.3. The molecule has 0 bridgehead atoms. The fourth-order valence-electron chi connectivity index (χ4n) is 2.13. The highest BCUT2D eigenvalue weighted by Crippen LogP contribution is 2.40. The minimum atomic E-state index is -0.924. The average molecular weight is 297 g/mol. The molecule has 1 aromatic heterocycles. The topological polar surface area (TPSA) is 106 Å². The molecular weight excluding hydrogens is 278 g/mol. The van der Waals surface area contributed by atoms with Gasteiger partial charge in [-0.2, -0.15) is 4.98 Å². The normalized spacial score (nSPS) is 21.9. The van der Waals surface area contributed by atoms with Gasteiger partial charge in [-0.25, -0.2) is 0 Å². The van der Waals surface area contributed by atoms with E-state index in [2.05, 4.69) is 10.1 Å². The van der Waals surface area contributed by atoms with Crippen LogP contribution in [-0.4, -0.2) is 45.7 Å². The first-order valence-electron chi connectivity index (χ1n) is 6.85. The summed E-state index contributed by atoms with van der Waals surface area (Å²) in [6.07, 6.45) is 0.128. The summed E-state index contributed by atoms with van der Waals surface area (Å²) in [6, 6.07) is 0. The number of carbonyl (C=O) groups excluding carboxylic acids is 1. The van der Waals surface area contributed by atoms with E-state index in [0.717, 1.165) is 0 Å². The standard InChI is InChI=1S/C13H19N3O5/c1-4-20-7(2)11-14-10(21-15-11)6-16(3)12(17)8-5-9(8)13(18)19/h7-9H,4-6H2,1-3H3,(H,18,19)/t7-,8+,9+/m1/s1. The predicted molar refractivity (Wildman–Crippen MR) is 70.0 cm³/mol. The van der Waals surface area contributed by atoms with E-state index in [-0.39, 0.29) is 18.6 Å². The molecule has 0 aliphatic heterocycles. The Morgan fingerprint density at radius 1 is 1.52 bits per heavy atom.